The lowest BCUT2D eigenvalue weighted by Gasteiger charge is -2.41. The molecule has 0 atom stereocenters. The molecule has 2 rings (SSSR count). The molecule has 1 aliphatic rings. The van der Waals surface area contributed by atoms with Crippen molar-refractivity contribution in [2.75, 3.05) is 0 Å². The molecule has 0 aromatic heterocycles. The van der Waals surface area contributed by atoms with Gasteiger partial charge in [0, 0.05) is 11.8 Å². The lowest BCUT2D eigenvalue weighted by atomic mass is 9.62. The Morgan fingerprint density at radius 3 is 2.25 bits per heavy atom. The first-order valence-electron chi connectivity index (χ1n) is 5.46. The number of Topliss-reactive ketones (excluding diaryl/α,β-unsaturated/α-hetero) is 1. The SMILES string of the molecule is O=C(O)C(=O)CC1(c2ccccc2)CCC1. The molecule has 0 spiro atoms. The zero-order valence-electron chi connectivity index (χ0n) is 8.98. The van der Waals surface area contributed by atoms with E-state index < -0.39 is 11.8 Å². The van der Waals surface area contributed by atoms with E-state index in [4.69, 9.17) is 5.11 Å². The largest absolute Gasteiger partial charge is 0.476 e. The zero-order chi connectivity index (χ0) is 11.6. The first-order valence-corrected chi connectivity index (χ1v) is 5.46. The van der Waals surface area contributed by atoms with Crippen molar-refractivity contribution in [3.05, 3.63) is 35.9 Å². The van der Waals surface area contributed by atoms with Gasteiger partial charge in [0.25, 0.3) is 0 Å². The summed E-state index contributed by atoms with van der Waals surface area (Å²) in [6, 6.07) is 9.75. The van der Waals surface area contributed by atoms with Gasteiger partial charge in [0.05, 0.1) is 0 Å². The van der Waals surface area contributed by atoms with Crippen molar-refractivity contribution in [1.82, 2.24) is 0 Å². The molecule has 0 saturated heterocycles. The molecule has 0 heterocycles. The molecule has 0 amide bonds. The van der Waals surface area contributed by atoms with Crippen LogP contribution in [0.25, 0.3) is 0 Å². The zero-order valence-corrected chi connectivity index (χ0v) is 8.98. The van der Waals surface area contributed by atoms with Gasteiger partial charge >= 0.3 is 5.97 Å². The molecule has 3 nitrogen and oxygen atoms in total. The van der Waals surface area contributed by atoms with Crippen molar-refractivity contribution in [1.29, 1.82) is 0 Å². The number of carboxylic acid groups (broad SMARTS) is 1. The molecule has 1 saturated carbocycles. The number of carbonyl (C=O) groups excluding carboxylic acids is 1. The maximum absolute atomic E-state index is 11.3. The van der Waals surface area contributed by atoms with Gasteiger partial charge in [-0.25, -0.2) is 4.79 Å². The lowest BCUT2D eigenvalue weighted by Crippen LogP contribution is -2.38. The van der Waals surface area contributed by atoms with E-state index in [2.05, 4.69) is 0 Å². The Hall–Kier alpha value is -1.64. The van der Waals surface area contributed by atoms with Gasteiger partial charge in [-0.2, -0.15) is 0 Å². The fraction of sp³-hybridized carbons (Fsp3) is 0.385. The van der Waals surface area contributed by atoms with Crippen LogP contribution in [0.3, 0.4) is 0 Å². The minimum absolute atomic E-state index is 0.131. The van der Waals surface area contributed by atoms with Crippen LogP contribution in [0.5, 0.6) is 0 Å². The molecule has 0 bridgehead atoms. The number of aliphatic carboxylic acids is 1. The van der Waals surface area contributed by atoms with E-state index in [1.165, 1.54) is 0 Å². The molecular weight excluding hydrogens is 204 g/mol. The smallest absolute Gasteiger partial charge is 0.372 e. The van der Waals surface area contributed by atoms with Gasteiger partial charge in [-0.1, -0.05) is 36.8 Å². The van der Waals surface area contributed by atoms with Crippen LogP contribution >= 0.6 is 0 Å². The van der Waals surface area contributed by atoms with Gasteiger partial charge in [-0.05, 0) is 18.4 Å². The molecule has 0 radical (unpaired) electrons. The number of hydrogen-bond acceptors (Lipinski definition) is 2. The third kappa shape index (κ3) is 1.85. The van der Waals surface area contributed by atoms with Gasteiger partial charge in [-0.15, -0.1) is 0 Å². The second kappa shape index (κ2) is 4.08. The maximum Gasteiger partial charge on any atom is 0.372 e. The summed E-state index contributed by atoms with van der Waals surface area (Å²) in [4.78, 5) is 21.9. The van der Waals surface area contributed by atoms with Gasteiger partial charge in [-0.3, -0.25) is 4.79 Å². The van der Waals surface area contributed by atoms with Crippen LogP contribution in [0.1, 0.15) is 31.2 Å². The van der Waals surface area contributed by atoms with Crippen LogP contribution in [0.2, 0.25) is 0 Å². The van der Waals surface area contributed by atoms with Crippen molar-refractivity contribution in [2.24, 2.45) is 0 Å². The molecule has 1 aromatic carbocycles. The predicted octanol–water partition coefficient (Wildman–Crippen LogP) is 2.15. The Morgan fingerprint density at radius 2 is 1.81 bits per heavy atom. The van der Waals surface area contributed by atoms with Crippen molar-refractivity contribution >= 4 is 11.8 Å². The summed E-state index contributed by atoms with van der Waals surface area (Å²) >= 11 is 0. The monoisotopic (exact) mass is 218 g/mol. The molecule has 1 aromatic rings. The van der Waals surface area contributed by atoms with Crippen molar-refractivity contribution in [3.63, 3.8) is 0 Å². The predicted molar refractivity (Wildman–Crippen MR) is 59.2 cm³/mol. The lowest BCUT2D eigenvalue weighted by molar-refractivity contribution is -0.150. The van der Waals surface area contributed by atoms with Crippen LogP contribution in [0, 0.1) is 0 Å². The molecule has 1 fully saturated rings. The molecular formula is C13H14O3. The average Bonchev–Trinajstić information content (AvgIpc) is 2.24. The third-order valence-corrected chi connectivity index (χ3v) is 3.43. The number of hydrogen-bond donors (Lipinski definition) is 1. The van der Waals surface area contributed by atoms with Gasteiger partial charge in [0.15, 0.2) is 0 Å². The molecule has 0 aliphatic heterocycles. The van der Waals surface area contributed by atoms with E-state index in [0.29, 0.717) is 0 Å². The number of ketones is 1. The van der Waals surface area contributed by atoms with Gasteiger partial charge in [0.1, 0.15) is 0 Å². The topological polar surface area (TPSA) is 54.4 Å². The minimum Gasteiger partial charge on any atom is -0.476 e. The summed E-state index contributed by atoms with van der Waals surface area (Å²) in [5.41, 5.74) is 0.882. The number of benzene rings is 1. The van der Waals surface area contributed by atoms with E-state index in [1.54, 1.807) is 0 Å². The Morgan fingerprint density at radius 1 is 1.19 bits per heavy atom. The summed E-state index contributed by atoms with van der Waals surface area (Å²) < 4.78 is 0. The van der Waals surface area contributed by atoms with Gasteiger partial charge in [0.2, 0.25) is 5.78 Å². The minimum atomic E-state index is -1.32. The Kier molecular flexibility index (Phi) is 2.77. The molecule has 1 N–H and O–H groups in total. The second-order valence-corrected chi connectivity index (χ2v) is 4.41. The van der Waals surface area contributed by atoms with Gasteiger partial charge < -0.3 is 5.11 Å². The number of rotatable bonds is 4. The first kappa shape index (κ1) is 10.9. The highest BCUT2D eigenvalue weighted by molar-refractivity contribution is 6.32. The number of carbonyl (C=O) groups is 2. The molecule has 16 heavy (non-hydrogen) atoms. The Balaban J connectivity index is 2.21. The van der Waals surface area contributed by atoms with E-state index in [9.17, 15) is 9.59 Å². The van der Waals surface area contributed by atoms with Crippen LogP contribution < -0.4 is 0 Å². The van der Waals surface area contributed by atoms with Crippen LogP contribution in [-0.2, 0) is 15.0 Å². The second-order valence-electron chi connectivity index (χ2n) is 4.41. The third-order valence-electron chi connectivity index (χ3n) is 3.43. The molecule has 84 valence electrons. The maximum atomic E-state index is 11.3. The van der Waals surface area contributed by atoms with E-state index >= 15 is 0 Å². The Labute approximate surface area is 94.1 Å². The van der Waals surface area contributed by atoms with E-state index in [1.807, 2.05) is 30.3 Å². The van der Waals surface area contributed by atoms with Crippen LogP contribution in [0.4, 0.5) is 0 Å². The summed E-state index contributed by atoms with van der Waals surface area (Å²) in [6.07, 6.45) is 3.03. The standard InChI is InChI=1S/C13H14O3/c14-11(12(15)16)9-13(7-4-8-13)10-5-2-1-3-6-10/h1-3,5-6H,4,7-9H2,(H,15,16). The van der Waals surface area contributed by atoms with E-state index in [-0.39, 0.29) is 11.8 Å². The summed E-state index contributed by atoms with van der Waals surface area (Å²) in [7, 11) is 0. The van der Waals surface area contributed by atoms with E-state index in [0.717, 1.165) is 24.8 Å². The fourth-order valence-electron chi connectivity index (χ4n) is 2.35. The summed E-state index contributed by atoms with van der Waals surface area (Å²) in [5, 5.41) is 8.66. The molecule has 0 unspecified atom stereocenters. The highest BCUT2D eigenvalue weighted by atomic mass is 16.4. The van der Waals surface area contributed by atoms with Crippen molar-refractivity contribution < 1.29 is 14.7 Å². The normalized spacial score (nSPS) is 17.5. The fourth-order valence-corrected chi connectivity index (χ4v) is 2.35. The van der Waals surface area contributed by atoms with Crippen LogP contribution in [-0.4, -0.2) is 16.9 Å². The molecule has 1 aliphatic carbocycles. The average molecular weight is 218 g/mol. The highest BCUT2D eigenvalue weighted by Gasteiger charge is 2.41. The highest BCUT2D eigenvalue weighted by Crippen LogP contribution is 2.46. The summed E-state index contributed by atoms with van der Waals surface area (Å²) in [6.45, 7) is 0. The first-order chi connectivity index (χ1) is 7.64. The Bertz CT molecular complexity index is 404. The number of carboxylic acids is 1. The van der Waals surface area contributed by atoms with Crippen LogP contribution in [0.15, 0.2) is 30.3 Å². The summed E-state index contributed by atoms with van der Waals surface area (Å²) in [5.74, 6) is -1.99. The molecule has 3 heteroatoms. The quantitative estimate of drug-likeness (QED) is 0.788. The van der Waals surface area contributed by atoms with Crippen molar-refractivity contribution in [2.45, 2.75) is 31.1 Å². The van der Waals surface area contributed by atoms with Crippen molar-refractivity contribution in [3.8, 4) is 0 Å².